The molecule has 1 fully saturated rings. The Balaban J connectivity index is 1.87. The molecule has 0 heterocycles. The maximum Gasteiger partial charge on any atom is 0.264 e. The van der Waals surface area contributed by atoms with Gasteiger partial charge in [-0.15, -0.1) is 0 Å². The molecule has 0 radical (unpaired) electrons. The zero-order valence-corrected chi connectivity index (χ0v) is 18.7. The molecule has 0 aliphatic heterocycles. The molecule has 0 saturated heterocycles. The second-order valence-electron chi connectivity index (χ2n) is 8.29. The molecule has 1 N–H and O–H groups in total. The van der Waals surface area contributed by atoms with E-state index in [-0.39, 0.29) is 23.3 Å². The van der Waals surface area contributed by atoms with E-state index in [1.165, 1.54) is 41.3 Å². The number of anilines is 1. The van der Waals surface area contributed by atoms with Gasteiger partial charge in [0, 0.05) is 11.7 Å². The van der Waals surface area contributed by atoms with Gasteiger partial charge < -0.3 is 4.90 Å². The van der Waals surface area contributed by atoms with E-state index in [1.54, 1.807) is 26.0 Å². The van der Waals surface area contributed by atoms with Crippen molar-refractivity contribution in [2.24, 2.45) is 11.8 Å². The van der Waals surface area contributed by atoms with Crippen LogP contribution in [0.5, 0.6) is 0 Å². The standard InChI is InChI=1S/C23H27FN2O4S/c1-15(2)26(19-10-8-18(24)9-11-19)23(28)21(14-17-6-7-17)22(27)25-31(29,30)20-12-4-16(3)5-13-20/h4-5,8-13,15,17,21H,6-7,14H2,1-3H3,(H,25,27). The fraction of sp³-hybridized carbons (Fsp3) is 0.391. The predicted octanol–water partition coefficient (Wildman–Crippen LogP) is 3.80. The summed E-state index contributed by atoms with van der Waals surface area (Å²) in [5.41, 5.74) is 1.34. The second-order valence-corrected chi connectivity index (χ2v) is 9.98. The fourth-order valence-corrected chi connectivity index (χ4v) is 4.46. The summed E-state index contributed by atoms with van der Waals surface area (Å²) in [4.78, 5) is 27.8. The van der Waals surface area contributed by atoms with E-state index in [0.717, 1.165) is 18.4 Å². The number of halogens is 1. The molecule has 2 aromatic carbocycles. The average Bonchev–Trinajstić information content (AvgIpc) is 3.51. The van der Waals surface area contributed by atoms with Crippen LogP contribution in [0, 0.1) is 24.6 Å². The van der Waals surface area contributed by atoms with Crippen LogP contribution in [0.25, 0.3) is 0 Å². The molecule has 2 aromatic rings. The second kappa shape index (κ2) is 9.18. The fourth-order valence-electron chi connectivity index (χ4n) is 3.44. The van der Waals surface area contributed by atoms with E-state index in [9.17, 15) is 22.4 Å². The highest BCUT2D eigenvalue weighted by Gasteiger charge is 2.39. The van der Waals surface area contributed by atoms with Crippen molar-refractivity contribution in [1.29, 1.82) is 0 Å². The van der Waals surface area contributed by atoms with Crippen molar-refractivity contribution in [3.63, 3.8) is 0 Å². The highest BCUT2D eigenvalue weighted by Crippen LogP contribution is 2.36. The number of rotatable bonds is 8. The number of amides is 2. The van der Waals surface area contributed by atoms with Gasteiger partial charge in [-0.25, -0.2) is 17.5 Å². The number of nitrogens with one attached hydrogen (secondary N) is 1. The summed E-state index contributed by atoms with van der Waals surface area (Å²) in [6.45, 7) is 5.40. The third-order valence-electron chi connectivity index (χ3n) is 5.31. The maximum atomic E-state index is 13.4. The van der Waals surface area contributed by atoms with E-state index in [1.807, 2.05) is 6.92 Å². The molecule has 3 rings (SSSR count). The van der Waals surface area contributed by atoms with Gasteiger partial charge in [0.15, 0.2) is 0 Å². The average molecular weight is 447 g/mol. The van der Waals surface area contributed by atoms with Gasteiger partial charge in [-0.05, 0) is 69.5 Å². The number of aryl methyl sites for hydroxylation is 1. The predicted molar refractivity (Wildman–Crippen MR) is 116 cm³/mol. The van der Waals surface area contributed by atoms with E-state index >= 15 is 0 Å². The minimum absolute atomic E-state index is 0.0386. The van der Waals surface area contributed by atoms with Crippen molar-refractivity contribution in [1.82, 2.24) is 4.72 Å². The van der Waals surface area contributed by atoms with Crippen LogP contribution in [0.3, 0.4) is 0 Å². The van der Waals surface area contributed by atoms with Crippen LogP contribution in [-0.2, 0) is 19.6 Å². The highest BCUT2D eigenvalue weighted by molar-refractivity contribution is 7.90. The molecule has 6 nitrogen and oxygen atoms in total. The van der Waals surface area contributed by atoms with Crippen molar-refractivity contribution in [2.45, 2.75) is 51.0 Å². The third kappa shape index (κ3) is 5.70. The van der Waals surface area contributed by atoms with Crippen LogP contribution in [0.15, 0.2) is 53.4 Å². The van der Waals surface area contributed by atoms with Gasteiger partial charge in [-0.3, -0.25) is 9.59 Å². The number of benzene rings is 2. The van der Waals surface area contributed by atoms with Crippen molar-refractivity contribution in [2.75, 3.05) is 4.90 Å². The molecule has 0 bridgehead atoms. The van der Waals surface area contributed by atoms with Crippen molar-refractivity contribution in [3.8, 4) is 0 Å². The number of carbonyl (C=O) groups excluding carboxylic acids is 2. The first kappa shape index (κ1) is 22.9. The van der Waals surface area contributed by atoms with Crippen LogP contribution in [-0.4, -0.2) is 26.3 Å². The Labute approximate surface area is 182 Å². The SMILES string of the molecule is Cc1ccc(S(=O)(=O)NC(=O)C(CC2CC2)C(=O)N(c2ccc(F)cc2)C(C)C)cc1. The molecule has 1 saturated carbocycles. The zero-order chi connectivity index (χ0) is 22.8. The van der Waals surface area contributed by atoms with E-state index < -0.39 is 33.6 Å². The van der Waals surface area contributed by atoms with E-state index in [4.69, 9.17) is 0 Å². The van der Waals surface area contributed by atoms with Gasteiger partial charge in [0.2, 0.25) is 11.8 Å². The summed E-state index contributed by atoms with van der Waals surface area (Å²) in [6, 6.07) is 11.3. The molecule has 31 heavy (non-hydrogen) atoms. The molecular formula is C23H27FN2O4S. The lowest BCUT2D eigenvalue weighted by Crippen LogP contribution is -2.48. The third-order valence-corrected chi connectivity index (χ3v) is 6.67. The van der Waals surface area contributed by atoms with Crippen molar-refractivity contribution < 1.29 is 22.4 Å². The molecule has 8 heteroatoms. The molecule has 0 spiro atoms. The minimum Gasteiger partial charge on any atom is -0.309 e. The van der Waals surface area contributed by atoms with Gasteiger partial charge in [-0.2, -0.15) is 0 Å². The molecular weight excluding hydrogens is 419 g/mol. The first-order chi connectivity index (χ1) is 14.6. The van der Waals surface area contributed by atoms with Gasteiger partial charge >= 0.3 is 0 Å². The maximum absolute atomic E-state index is 13.4. The Kier molecular flexibility index (Phi) is 6.79. The lowest BCUT2D eigenvalue weighted by Gasteiger charge is -2.30. The van der Waals surface area contributed by atoms with Crippen LogP contribution in [0.2, 0.25) is 0 Å². The lowest BCUT2D eigenvalue weighted by molar-refractivity contribution is -0.133. The van der Waals surface area contributed by atoms with Crippen LogP contribution >= 0.6 is 0 Å². The smallest absolute Gasteiger partial charge is 0.264 e. The van der Waals surface area contributed by atoms with Gasteiger partial charge in [0.05, 0.1) is 4.90 Å². The number of sulfonamides is 1. The summed E-state index contributed by atoms with van der Waals surface area (Å²) in [6.07, 6.45) is 2.08. The van der Waals surface area contributed by atoms with Gasteiger partial charge in [-0.1, -0.05) is 30.5 Å². The summed E-state index contributed by atoms with van der Waals surface area (Å²) in [7, 11) is -4.11. The number of nitrogens with zero attached hydrogens (tertiary/aromatic N) is 1. The van der Waals surface area contributed by atoms with Crippen molar-refractivity contribution in [3.05, 3.63) is 59.9 Å². The van der Waals surface area contributed by atoms with Gasteiger partial charge in [0.1, 0.15) is 11.7 Å². The minimum atomic E-state index is -4.11. The Hall–Kier alpha value is -2.74. The molecule has 1 atom stereocenters. The van der Waals surface area contributed by atoms with Crippen molar-refractivity contribution >= 4 is 27.5 Å². The molecule has 1 unspecified atom stereocenters. The van der Waals surface area contributed by atoms with E-state index in [0.29, 0.717) is 5.69 Å². The zero-order valence-electron chi connectivity index (χ0n) is 17.8. The monoisotopic (exact) mass is 446 g/mol. The Morgan fingerprint density at radius 2 is 1.65 bits per heavy atom. The normalized spacial score (nSPS) is 14.9. The topological polar surface area (TPSA) is 83.5 Å². The Morgan fingerprint density at radius 1 is 1.06 bits per heavy atom. The molecule has 0 aromatic heterocycles. The lowest BCUT2D eigenvalue weighted by atomic mass is 9.98. The number of carbonyl (C=O) groups is 2. The molecule has 1 aliphatic rings. The van der Waals surface area contributed by atoms with Crippen LogP contribution in [0.4, 0.5) is 10.1 Å². The van der Waals surface area contributed by atoms with Crippen LogP contribution in [0.1, 0.15) is 38.7 Å². The summed E-state index contributed by atoms with van der Waals surface area (Å²) in [5, 5.41) is 0. The molecule has 166 valence electrons. The number of hydrogen-bond acceptors (Lipinski definition) is 4. The summed E-state index contributed by atoms with van der Waals surface area (Å²) >= 11 is 0. The molecule has 2 amide bonds. The highest BCUT2D eigenvalue weighted by atomic mass is 32.2. The summed E-state index contributed by atoms with van der Waals surface area (Å²) in [5.74, 6) is -2.71. The summed E-state index contributed by atoms with van der Waals surface area (Å²) < 4.78 is 40.8. The largest absolute Gasteiger partial charge is 0.309 e. The first-order valence-corrected chi connectivity index (χ1v) is 11.8. The number of hydrogen-bond donors (Lipinski definition) is 1. The van der Waals surface area contributed by atoms with Gasteiger partial charge in [0.25, 0.3) is 10.0 Å². The van der Waals surface area contributed by atoms with Crippen LogP contribution < -0.4 is 9.62 Å². The molecule has 1 aliphatic carbocycles. The Bertz CT molecular complexity index is 1050. The Morgan fingerprint density at radius 3 is 2.16 bits per heavy atom. The first-order valence-electron chi connectivity index (χ1n) is 10.3. The quantitative estimate of drug-likeness (QED) is 0.625. The van der Waals surface area contributed by atoms with E-state index in [2.05, 4.69) is 4.72 Å².